The fourth-order valence-electron chi connectivity index (χ4n) is 0.666. The second kappa shape index (κ2) is 5.86. The van der Waals surface area contributed by atoms with Crippen LogP contribution in [0.2, 0.25) is 0 Å². The van der Waals surface area contributed by atoms with Gasteiger partial charge in [-0.25, -0.2) is 13.1 Å². The van der Waals surface area contributed by atoms with Gasteiger partial charge in [0.2, 0.25) is 10.0 Å². The van der Waals surface area contributed by atoms with Gasteiger partial charge in [-0.1, -0.05) is 25.1 Å². The Morgan fingerprint density at radius 2 is 2.15 bits per heavy atom. The third-order valence-corrected chi connectivity index (χ3v) is 3.50. The van der Waals surface area contributed by atoms with Gasteiger partial charge in [0.05, 0.1) is 5.75 Å². The minimum Gasteiger partial charge on any atom is -0.212 e. The van der Waals surface area contributed by atoms with Crippen LogP contribution < -0.4 is 4.72 Å². The zero-order valence-corrected chi connectivity index (χ0v) is 9.71. The molecule has 0 aromatic heterocycles. The lowest BCUT2D eigenvalue weighted by atomic mass is 10.3. The Hall–Kier alpha value is 0.230. The number of rotatable bonds is 6. The molecule has 3 nitrogen and oxygen atoms in total. The molecule has 0 saturated carbocycles. The second-order valence-corrected chi connectivity index (χ2v) is 5.57. The van der Waals surface area contributed by atoms with Crippen molar-refractivity contribution in [1.29, 1.82) is 0 Å². The molecule has 1 N–H and O–H groups in total. The maximum absolute atomic E-state index is 11.2. The SMILES string of the molecule is C=C(Cl)CNS(=O)(=O)CC(C)CCl. The fourth-order valence-corrected chi connectivity index (χ4v) is 2.43. The lowest BCUT2D eigenvalue weighted by Gasteiger charge is -2.09. The van der Waals surface area contributed by atoms with E-state index in [-0.39, 0.29) is 23.2 Å². The van der Waals surface area contributed by atoms with Crippen molar-refractivity contribution in [1.82, 2.24) is 4.72 Å². The minimum absolute atomic E-state index is 0.0146. The first-order chi connectivity index (χ1) is 5.87. The first-order valence-corrected chi connectivity index (χ1v) is 6.30. The summed E-state index contributed by atoms with van der Waals surface area (Å²) >= 11 is 10.9. The van der Waals surface area contributed by atoms with Crippen LogP contribution in [0.4, 0.5) is 0 Å². The highest BCUT2D eigenvalue weighted by molar-refractivity contribution is 7.89. The smallest absolute Gasteiger partial charge is 0.212 e. The highest BCUT2D eigenvalue weighted by Crippen LogP contribution is 2.03. The van der Waals surface area contributed by atoms with Crippen LogP contribution in [-0.4, -0.2) is 26.6 Å². The van der Waals surface area contributed by atoms with E-state index in [1.165, 1.54) is 0 Å². The van der Waals surface area contributed by atoms with E-state index in [1.807, 2.05) is 0 Å². The van der Waals surface area contributed by atoms with E-state index in [2.05, 4.69) is 11.3 Å². The Morgan fingerprint density at radius 3 is 2.54 bits per heavy atom. The van der Waals surface area contributed by atoms with Crippen molar-refractivity contribution in [2.45, 2.75) is 6.92 Å². The van der Waals surface area contributed by atoms with E-state index in [0.717, 1.165) is 0 Å². The highest BCUT2D eigenvalue weighted by atomic mass is 35.5. The molecule has 0 fully saturated rings. The third kappa shape index (κ3) is 7.31. The van der Waals surface area contributed by atoms with Crippen LogP contribution in [0.15, 0.2) is 11.6 Å². The molecule has 0 aliphatic rings. The molecule has 13 heavy (non-hydrogen) atoms. The molecule has 0 amide bonds. The quantitative estimate of drug-likeness (QED) is 0.722. The predicted molar refractivity (Wildman–Crippen MR) is 56.7 cm³/mol. The van der Waals surface area contributed by atoms with E-state index in [4.69, 9.17) is 23.2 Å². The highest BCUT2D eigenvalue weighted by Gasteiger charge is 2.14. The van der Waals surface area contributed by atoms with Crippen molar-refractivity contribution >= 4 is 33.2 Å². The minimum atomic E-state index is -3.27. The zero-order valence-electron chi connectivity index (χ0n) is 7.39. The molecule has 0 aromatic rings. The van der Waals surface area contributed by atoms with E-state index in [1.54, 1.807) is 6.92 Å². The maximum Gasteiger partial charge on any atom is 0.212 e. The molecule has 0 heterocycles. The number of hydrogen-bond acceptors (Lipinski definition) is 2. The summed E-state index contributed by atoms with van der Waals surface area (Å²) in [5.41, 5.74) is 0. The van der Waals surface area contributed by atoms with Gasteiger partial charge < -0.3 is 0 Å². The van der Waals surface area contributed by atoms with Crippen LogP contribution >= 0.6 is 23.2 Å². The second-order valence-electron chi connectivity index (χ2n) is 2.88. The fraction of sp³-hybridized carbons (Fsp3) is 0.714. The van der Waals surface area contributed by atoms with Gasteiger partial charge in [-0.2, -0.15) is 0 Å². The summed E-state index contributed by atoms with van der Waals surface area (Å²) in [6.45, 7) is 5.20. The zero-order chi connectivity index (χ0) is 10.5. The van der Waals surface area contributed by atoms with Crippen molar-refractivity contribution in [3.8, 4) is 0 Å². The van der Waals surface area contributed by atoms with Gasteiger partial charge >= 0.3 is 0 Å². The average molecular weight is 246 g/mol. The van der Waals surface area contributed by atoms with Gasteiger partial charge in [0, 0.05) is 17.5 Å². The number of sulfonamides is 1. The van der Waals surface area contributed by atoms with Crippen molar-refractivity contribution in [2.75, 3.05) is 18.2 Å². The molecule has 0 spiro atoms. The van der Waals surface area contributed by atoms with Crippen LogP contribution in [0.25, 0.3) is 0 Å². The Balaban J connectivity index is 4.02. The predicted octanol–water partition coefficient (Wildman–Crippen LogP) is 1.53. The van der Waals surface area contributed by atoms with Crippen molar-refractivity contribution < 1.29 is 8.42 Å². The Kier molecular flexibility index (Phi) is 5.96. The van der Waals surface area contributed by atoms with E-state index in [0.29, 0.717) is 5.88 Å². The normalized spacial score (nSPS) is 14.1. The first-order valence-electron chi connectivity index (χ1n) is 3.74. The van der Waals surface area contributed by atoms with Gasteiger partial charge in [0.15, 0.2) is 0 Å². The van der Waals surface area contributed by atoms with E-state index < -0.39 is 10.0 Å². The van der Waals surface area contributed by atoms with Gasteiger partial charge in [-0.05, 0) is 5.92 Å². The summed E-state index contributed by atoms with van der Waals surface area (Å²) in [7, 11) is -3.27. The number of nitrogens with one attached hydrogen (secondary N) is 1. The van der Waals surface area contributed by atoms with Gasteiger partial charge in [0.25, 0.3) is 0 Å². The summed E-state index contributed by atoms with van der Waals surface area (Å²) in [5, 5.41) is 0.266. The van der Waals surface area contributed by atoms with Crippen LogP contribution in [0.3, 0.4) is 0 Å². The molecule has 0 saturated heterocycles. The average Bonchev–Trinajstić information content (AvgIpc) is 2.00. The largest absolute Gasteiger partial charge is 0.212 e. The Morgan fingerprint density at radius 1 is 1.62 bits per heavy atom. The molecule has 0 rings (SSSR count). The molecule has 0 bridgehead atoms. The molecule has 1 atom stereocenters. The van der Waals surface area contributed by atoms with Gasteiger partial charge in [-0.3, -0.25) is 0 Å². The summed E-state index contributed by atoms with van der Waals surface area (Å²) in [4.78, 5) is 0. The van der Waals surface area contributed by atoms with Crippen LogP contribution in [-0.2, 0) is 10.0 Å². The third-order valence-electron chi connectivity index (χ3n) is 1.25. The molecular formula is C7H13Cl2NO2S. The lowest BCUT2D eigenvalue weighted by Crippen LogP contribution is -2.30. The van der Waals surface area contributed by atoms with Crippen molar-refractivity contribution in [3.63, 3.8) is 0 Å². The Labute approximate surface area is 89.2 Å². The van der Waals surface area contributed by atoms with Crippen molar-refractivity contribution in [3.05, 3.63) is 11.6 Å². The summed E-state index contributed by atoms with van der Waals surface area (Å²) in [5.74, 6) is 0.270. The summed E-state index contributed by atoms with van der Waals surface area (Å²) in [6.07, 6.45) is 0. The molecule has 0 aromatic carbocycles. The summed E-state index contributed by atoms with van der Waals surface area (Å²) < 4.78 is 24.8. The molecule has 0 radical (unpaired) electrons. The van der Waals surface area contributed by atoms with Crippen LogP contribution in [0.1, 0.15) is 6.92 Å². The van der Waals surface area contributed by atoms with Crippen molar-refractivity contribution in [2.24, 2.45) is 5.92 Å². The number of alkyl halides is 1. The molecular weight excluding hydrogens is 233 g/mol. The molecule has 1 unspecified atom stereocenters. The monoisotopic (exact) mass is 245 g/mol. The first kappa shape index (κ1) is 13.2. The van der Waals surface area contributed by atoms with Crippen LogP contribution in [0.5, 0.6) is 0 Å². The van der Waals surface area contributed by atoms with Gasteiger partial charge in [-0.15, -0.1) is 11.6 Å². The summed E-state index contributed by atoms with van der Waals surface area (Å²) in [6, 6.07) is 0. The molecule has 0 aliphatic heterocycles. The lowest BCUT2D eigenvalue weighted by molar-refractivity contribution is 0.572. The van der Waals surface area contributed by atoms with Crippen LogP contribution in [0, 0.1) is 5.92 Å². The van der Waals surface area contributed by atoms with Gasteiger partial charge in [0.1, 0.15) is 0 Å². The van der Waals surface area contributed by atoms with E-state index in [9.17, 15) is 8.42 Å². The standard InChI is InChI=1S/C7H13Cl2NO2S/c1-6(3-8)5-13(11,12)10-4-7(2)9/h6,10H,2-5H2,1H3. The van der Waals surface area contributed by atoms with E-state index >= 15 is 0 Å². The molecule has 0 aliphatic carbocycles. The number of hydrogen-bond donors (Lipinski definition) is 1. The Bertz CT molecular complexity index is 264. The topological polar surface area (TPSA) is 46.2 Å². The molecule has 6 heteroatoms. The maximum atomic E-state index is 11.2. The molecule has 78 valence electrons. The number of halogens is 2.